The molecule has 16 atom stereocenters. The Morgan fingerprint density at radius 1 is 0.921 bits per heavy atom. The molecule has 9 aliphatic carbocycles. The van der Waals surface area contributed by atoms with Gasteiger partial charge in [0.25, 0.3) is 0 Å². The lowest BCUT2D eigenvalue weighted by Crippen LogP contribution is -2.88. The number of Topliss-reactive ketones (excluding diaryl/α,β-unsaturated/α-hetero) is 2. The van der Waals surface area contributed by atoms with Crippen molar-refractivity contribution in [2.24, 2.45) is 63.1 Å². The second kappa shape index (κ2) is 17.5. The van der Waals surface area contributed by atoms with E-state index in [2.05, 4.69) is 16.7 Å². The molecule has 4 aliphatic heterocycles. The highest BCUT2D eigenvalue weighted by Crippen LogP contribution is 2.80. The minimum Gasteiger partial charge on any atom is -0.511 e. The maximum atomic E-state index is 16.3. The molecule has 10 bridgehead atoms. The largest absolute Gasteiger partial charge is 0.511 e. The zero-order chi connectivity index (χ0) is 52.4. The number of hydrogen-bond acceptors (Lipinski definition) is 16. The Hall–Kier alpha value is -3.97. The SMILES string of the molecule is O=C[C@H]1CC2(CCCC2)C[C@@]12C[C@H]1C[C@@H]3C[C@@H]4[C@@H]5[C@@]1(C2)C1=C3CNC(=C1)NCSS[C@@H](CCCO)[C@]12C(=O)c3c(cccc3C(=O)[C@H]1C=C(Cc1cccc(CO)c1)C=C2O)O[C@]12CC[C@@H]4[C@](CO)(O1)[C@@H](O)[C@]5(O)[C@H]2O. The van der Waals surface area contributed by atoms with Crippen molar-refractivity contribution in [3.63, 3.8) is 0 Å². The molecule has 2 aromatic carbocycles. The van der Waals surface area contributed by atoms with E-state index in [1.54, 1.807) is 30.4 Å². The normalized spacial score (nSPS) is 43.9. The number of carbonyl (C=O) groups excluding carboxylic acids is 3. The molecule has 5 spiro atoms. The van der Waals surface area contributed by atoms with Gasteiger partial charge in [0.1, 0.15) is 40.5 Å². The van der Waals surface area contributed by atoms with Gasteiger partial charge < -0.3 is 60.6 Å². The summed E-state index contributed by atoms with van der Waals surface area (Å²) in [5, 5.41) is 92.8. The Morgan fingerprint density at radius 3 is 2.53 bits per heavy atom. The fourth-order valence-electron chi connectivity index (χ4n) is 19.8. The summed E-state index contributed by atoms with van der Waals surface area (Å²) < 4.78 is 14.2. The molecule has 2 aromatic rings. The molecule has 9 N–H and O–H groups in total. The van der Waals surface area contributed by atoms with Crippen LogP contribution in [-0.2, 0) is 22.6 Å². The number of rotatable bonds is 8. The standard InChI is InChI=1S/C60H70N2O12S2/c63-15-5-10-46-59-43(18-34(19-45(59)67)17-32-6-3-7-33(16-32)26-64)49(68)38-8-4-9-44(48(38)51(59)69)73-58-14-11-41-39-21-35-20-36-24-55(28-54(12-1-2-13-54)23-37(55)27-65)29-56(36,42-22-47(61-25-40(35)42)62-31-75-76-46)50(39)60(72,53(58)71)52(70)57(41,30-66)74-58/h3-4,6-9,16,18-19,22,27,35-37,39,41,43,46,50,52-53,61-64,66-67,70-72H,1-2,5,10-15,17,20-21,23-26,28-31H2/t35-,36-,37-,39+,41+,43-,46+,50-,52-,53+,55-,56-,57+,58-,59+,60+/m1/s1. The number of dihydropyridines is 1. The molecule has 2 saturated heterocycles. The monoisotopic (exact) mass is 1070 g/mol. The van der Waals surface area contributed by atoms with Crippen LogP contribution < -0.4 is 15.4 Å². The Labute approximate surface area is 450 Å². The van der Waals surface area contributed by atoms with Crippen molar-refractivity contribution in [1.82, 2.24) is 10.6 Å². The molecule has 76 heavy (non-hydrogen) atoms. The number of hydrogen-bond donors (Lipinski definition) is 9. The van der Waals surface area contributed by atoms with E-state index in [1.807, 2.05) is 24.3 Å². The quantitative estimate of drug-likeness (QED) is 0.101. The third-order valence-corrected chi connectivity index (χ3v) is 25.0. The fraction of sp³-hybridized carbons (Fsp3) is 0.617. The summed E-state index contributed by atoms with van der Waals surface area (Å²) in [5.41, 5.74) is -2.59. The van der Waals surface area contributed by atoms with Crippen LogP contribution in [0.25, 0.3) is 0 Å². The van der Waals surface area contributed by atoms with Crippen LogP contribution in [0.3, 0.4) is 0 Å². The molecular weight excluding hydrogens is 1000 g/mol. The summed E-state index contributed by atoms with van der Waals surface area (Å²) in [4.78, 5) is 45.5. The van der Waals surface area contributed by atoms with Gasteiger partial charge in [-0.25, -0.2) is 0 Å². The first-order chi connectivity index (χ1) is 36.7. The van der Waals surface area contributed by atoms with E-state index < -0.39 is 81.2 Å². The average molecular weight is 1080 g/mol. The van der Waals surface area contributed by atoms with Gasteiger partial charge in [-0.15, -0.1) is 0 Å². The van der Waals surface area contributed by atoms with Gasteiger partial charge in [0, 0.05) is 47.6 Å². The Balaban J connectivity index is 0.958. The van der Waals surface area contributed by atoms with Gasteiger partial charge in [0.15, 0.2) is 17.7 Å². The maximum Gasteiger partial charge on any atom is 0.240 e. The Bertz CT molecular complexity index is 2950. The molecule has 16 heteroatoms. The number of aliphatic hydroxyl groups excluding tert-OH is 6. The summed E-state index contributed by atoms with van der Waals surface area (Å²) in [7, 11) is 2.84. The third kappa shape index (κ3) is 6.47. The van der Waals surface area contributed by atoms with E-state index >= 15 is 9.59 Å². The van der Waals surface area contributed by atoms with Gasteiger partial charge in [0.05, 0.1) is 36.4 Å². The van der Waals surface area contributed by atoms with Crippen molar-refractivity contribution in [3.8, 4) is 5.75 Å². The van der Waals surface area contributed by atoms with Gasteiger partial charge in [-0.3, -0.25) is 9.59 Å². The number of allylic oxidation sites excluding steroid dienone is 6. The smallest absolute Gasteiger partial charge is 0.240 e. The molecule has 404 valence electrons. The van der Waals surface area contributed by atoms with Gasteiger partial charge in [-0.1, -0.05) is 76.9 Å². The molecule has 0 aromatic heterocycles. The zero-order valence-corrected chi connectivity index (χ0v) is 44.4. The van der Waals surface area contributed by atoms with E-state index in [1.165, 1.54) is 33.4 Å². The van der Waals surface area contributed by atoms with E-state index in [0.717, 1.165) is 68.3 Å². The lowest BCUT2D eigenvalue weighted by atomic mass is 9.42. The van der Waals surface area contributed by atoms with E-state index in [9.17, 15) is 40.5 Å². The van der Waals surface area contributed by atoms with Crippen molar-refractivity contribution < 1.29 is 59.6 Å². The lowest BCUT2D eigenvalue weighted by Gasteiger charge is -2.72. The van der Waals surface area contributed by atoms with Gasteiger partial charge in [0.2, 0.25) is 5.79 Å². The molecule has 0 unspecified atom stereocenters. The van der Waals surface area contributed by atoms with Gasteiger partial charge in [-0.2, -0.15) is 0 Å². The topological polar surface area (TPSA) is 235 Å². The van der Waals surface area contributed by atoms with Gasteiger partial charge >= 0.3 is 0 Å². The highest BCUT2D eigenvalue weighted by molar-refractivity contribution is 8.76. The summed E-state index contributed by atoms with van der Waals surface area (Å²) in [5.74, 6) is -5.20. The zero-order valence-electron chi connectivity index (χ0n) is 42.8. The van der Waals surface area contributed by atoms with Crippen LogP contribution in [0, 0.1) is 63.1 Å². The molecule has 0 amide bonds. The average Bonchev–Trinajstić information content (AvgIpc) is 3.16. The first-order valence-electron chi connectivity index (χ1n) is 28.1. The molecule has 0 radical (unpaired) electrons. The highest BCUT2D eigenvalue weighted by atomic mass is 33.1. The third-order valence-electron chi connectivity index (χ3n) is 22.3. The molecule has 4 heterocycles. The second-order valence-corrected chi connectivity index (χ2v) is 28.0. The number of ether oxygens (including phenoxy) is 2. The van der Waals surface area contributed by atoms with Gasteiger partial charge in [-0.05, 0) is 158 Å². The van der Waals surface area contributed by atoms with Crippen LogP contribution in [0.5, 0.6) is 5.75 Å². The molecule has 15 rings (SSSR count). The van der Waals surface area contributed by atoms with E-state index in [0.29, 0.717) is 49.2 Å². The van der Waals surface area contributed by atoms with Crippen LogP contribution in [-0.4, -0.2) is 114 Å². The van der Waals surface area contributed by atoms with Crippen molar-refractivity contribution >= 4 is 39.4 Å². The maximum absolute atomic E-state index is 16.3. The number of aliphatic hydroxyl groups is 7. The highest BCUT2D eigenvalue weighted by Gasteiger charge is 2.84. The van der Waals surface area contributed by atoms with Crippen LogP contribution in [0.2, 0.25) is 0 Å². The first kappa shape index (κ1) is 50.3. The van der Waals surface area contributed by atoms with Crippen molar-refractivity contribution in [1.29, 1.82) is 0 Å². The summed E-state index contributed by atoms with van der Waals surface area (Å²) >= 11 is 0. The number of benzene rings is 2. The minimum atomic E-state index is -2.34. The van der Waals surface area contributed by atoms with Crippen molar-refractivity contribution in [3.05, 3.63) is 111 Å². The Kier molecular flexibility index (Phi) is 11.6. The van der Waals surface area contributed by atoms with Crippen molar-refractivity contribution in [2.45, 2.75) is 137 Å². The number of ketones is 2. The summed E-state index contributed by atoms with van der Waals surface area (Å²) in [6, 6.07) is 12.2. The summed E-state index contributed by atoms with van der Waals surface area (Å²) in [6.45, 7) is -0.497. The van der Waals surface area contributed by atoms with E-state index in [4.69, 9.17) is 9.47 Å². The van der Waals surface area contributed by atoms with Crippen LogP contribution >= 0.6 is 21.6 Å². The van der Waals surface area contributed by atoms with Crippen LogP contribution in [0.15, 0.2) is 89.0 Å². The lowest BCUT2D eigenvalue weighted by molar-refractivity contribution is -0.461. The predicted molar refractivity (Wildman–Crippen MR) is 283 cm³/mol. The fourth-order valence-corrected chi connectivity index (χ4v) is 22.6. The number of aldehydes is 1. The molecule has 5 saturated carbocycles. The Morgan fingerprint density at radius 2 is 1.74 bits per heavy atom. The molecule has 7 fully saturated rings. The van der Waals surface area contributed by atoms with Crippen LogP contribution in [0.4, 0.5) is 0 Å². The molecule has 13 aliphatic rings. The van der Waals surface area contributed by atoms with E-state index in [-0.39, 0.29) is 89.6 Å². The second-order valence-electron chi connectivity index (χ2n) is 25.5. The van der Waals surface area contributed by atoms with Crippen molar-refractivity contribution in [2.75, 3.05) is 25.6 Å². The molecule has 14 nitrogen and oxygen atoms in total. The number of carbonyl (C=O) groups is 3. The molecular formula is C60H70N2O12S2. The summed E-state index contributed by atoms with van der Waals surface area (Å²) in [6.07, 6.45) is 13.5. The predicted octanol–water partition coefficient (Wildman–Crippen LogP) is 6.53. The minimum absolute atomic E-state index is 0.0114. The number of nitrogens with one attached hydrogen (secondary N) is 2. The van der Waals surface area contributed by atoms with Crippen LogP contribution in [0.1, 0.15) is 122 Å². The first-order valence-corrected chi connectivity index (χ1v) is 30.5.